The number of benzene rings is 1. The number of likely N-dealkylation sites (tertiary alicyclic amines) is 1. The van der Waals surface area contributed by atoms with Crippen molar-refractivity contribution in [2.45, 2.75) is 68.3 Å². The topological polar surface area (TPSA) is 96.4 Å². The Hall–Kier alpha value is -2.23. The molecule has 36 heavy (non-hydrogen) atoms. The average molecular weight is 563 g/mol. The predicted molar refractivity (Wildman–Crippen MR) is 137 cm³/mol. The van der Waals surface area contributed by atoms with E-state index in [0.717, 1.165) is 0 Å². The molecule has 2 bridgehead atoms. The van der Waals surface area contributed by atoms with Gasteiger partial charge in [0, 0.05) is 16.9 Å². The van der Waals surface area contributed by atoms with E-state index in [-0.39, 0.29) is 36.4 Å². The minimum absolute atomic E-state index is 0.176. The van der Waals surface area contributed by atoms with E-state index < -0.39 is 47.1 Å². The number of esters is 1. The van der Waals surface area contributed by atoms with Gasteiger partial charge in [-0.2, -0.15) is 0 Å². The molecule has 9 heteroatoms. The van der Waals surface area contributed by atoms with Gasteiger partial charge < -0.3 is 24.4 Å². The second-order valence-electron chi connectivity index (χ2n) is 10.7. The van der Waals surface area contributed by atoms with Crippen LogP contribution < -0.4 is 0 Å². The Balaban J connectivity index is 1.89. The molecule has 1 N–H and O–H groups in total. The number of halogens is 1. The lowest BCUT2D eigenvalue weighted by Crippen LogP contribution is -2.60. The van der Waals surface area contributed by atoms with Gasteiger partial charge >= 0.3 is 5.97 Å². The molecule has 0 saturated carbocycles. The van der Waals surface area contributed by atoms with Crippen molar-refractivity contribution in [1.29, 1.82) is 0 Å². The second kappa shape index (κ2) is 9.91. The largest absolute Gasteiger partial charge is 0.466 e. The third-order valence-electron chi connectivity index (χ3n) is 7.60. The standard InChI is InChI=1S/C27H35BrN2O6/c1-6-13-29(26(3,4)5)24(33)22-27-14-17(28)21(36-27)19(25(34)35-7-2)20(27)23(32)30(22)18(15-31)16-11-9-8-10-12-16/h6,8-12,17-22,31H,1,7,13-15H2,2-5H3/t17?,18-,19-,20+,21-,22-,27+/m1/s1. The molecule has 3 heterocycles. The normalized spacial score (nSPS) is 31.8. The number of nitrogens with zero attached hydrogens (tertiary/aromatic N) is 2. The highest BCUT2D eigenvalue weighted by Gasteiger charge is 2.77. The van der Waals surface area contributed by atoms with E-state index in [9.17, 15) is 19.5 Å². The molecule has 1 spiro atoms. The van der Waals surface area contributed by atoms with Crippen LogP contribution in [0.5, 0.6) is 0 Å². The second-order valence-corrected chi connectivity index (χ2v) is 11.9. The lowest BCUT2D eigenvalue weighted by molar-refractivity contribution is -0.157. The average Bonchev–Trinajstić information content (AvgIpc) is 3.42. The molecule has 3 fully saturated rings. The summed E-state index contributed by atoms with van der Waals surface area (Å²) in [4.78, 5) is 44.7. The quantitative estimate of drug-likeness (QED) is 0.297. The van der Waals surface area contributed by atoms with Crippen molar-refractivity contribution in [3.8, 4) is 0 Å². The van der Waals surface area contributed by atoms with Crippen molar-refractivity contribution in [2.75, 3.05) is 19.8 Å². The summed E-state index contributed by atoms with van der Waals surface area (Å²) in [6.07, 6.45) is 1.46. The predicted octanol–water partition coefficient (Wildman–Crippen LogP) is 2.84. The minimum atomic E-state index is -1.22. The number of carbonyl (C=O) groups is 3. The van der Waals surface area contributed by atoms with Gasteiger partial charge in [0.1, 0.15) is 11.6 Å². The van der Waals surface area contributed by atoms with Crippen molar-refractivity contribution in [3.05, 3.63) is 48.6 Å². The smallest absolute Gasteiger partial charge is 0.312 e. The molecule has 1 unspecified atom stereocenters. The number of fused-ring (bicyclic) bond motifs is 1. The number of hydrogen-bond donors (Lipinski definition) is 1. The van der Waals surface area contributed by atoms with E-state index in [2.05, 4.69) is 22.5 Å². The zero-order chi connectivity index (χ0) is 26.4. The molecule has 0 aliphatic carbocycles. The van der Waals surface area contributed by atoms with Crippen LogP contribution in [0.4, 0.5) is 0 Å². The summed E-state index contributed by atoms with van der Waals surface area (Å²) >= 11 is 3.66. The number of rotatable bonds is 8. The van der Waals surface area contributed by atoms with Crippen LogP contribution in [0.1, 0.15) is 45.7 Å². The molecule has 3 aliphatic heterocycles. The summed E-state index contributed by atoms with van der Waals surface area (Å²) in [5, 5.41) is 10.5. The van der Waals surface area contributed by atoms with Gasteiger partial charge in [0.25, 0.3) is 0 Å². The maximum atomic E-state index is 14.4. The van der Waals surface area contributed by atoms with Crippen molar-refractivity contribution in [2.24, 2.45) is 11.8 Å². The summed E-state index contributed by atoms with van der Waals surface area (Å²) in [5.74, 6) is -2.89. The SMILES string of the molecule is C=CCN(C(=O)[C@H]1N([C@H](CO)c2ccccc2)C(=O)[C@@H]2[C@@H](C(=O)OCC)[C@@H]3O[C@@]21CC3Br)C(C)(C)C. The molecular formula is C27H35BrN2O6. The first kappa shape index (κ1) is 26.8. The molecule has 8 nitrogen and oxygen atoms in total. The number of hydrogen-bond acceptors (Lipinski definition) is 6. The number of aliphatic hydroxyl groups excluding tert-OH is 1. The van der Waals surface area contributed by atoms with Crippen LogP contribution in [0, 0.1) is 11.8 Å². The molecule has 2 amide bonds. The van der Waals surface area contributed by atoms with Crippen LogP contribution in [-0.2, 0) is 23.9 Å². The van der Waals surface area contributed by atoms with Crippen molar-refractivity contribution in [3.63, 3.8) is 0 Å². The first-order valence-electron chi connectivity index (χ1n) is 12.4. The molecular weight excluding hydrogens is 528 g/mol. The van der Waals surface area contributed by atoms with Gasteiger partial charge in [-0.3, -0.25) is 14.4 Å². The number of alkyl halides is 1. The first-order valence-corrected chi connectivity index (χ1v) is 13.3. The van der Waals surface area contributed by atoms with E-state index in [1.165, 1.54) is 4.90 Å². The summed E-state index contributed by atoms with van der Waals surface area (Å²) in [6, 6.07) is 7.33. The molecule has 1 aromatic carbocycles. The molecule has 3 aliphatic rings. The fourth-order valence-corrected chi connectivity index (χ4v) is 7.13. The Labute approximate surface area is 220 Å². The maximum absolute atomic E-state index is 14.4. The van der Waals surface area contributed by atoms with Gasteiger partial charge in [-0.15, -0.1) is 6.58 Å². The lowest BCUT2D eigenvalue weighted by atomic mass is 9.70. The van der Waals surface area contributed by atoms with Gasteiger partial charge in [0.2, 0.25) is 11.8 Å². The highest BCUT2D eigenvalue weighted by atomic mass is 79.9. The van der Waals surface area contributed by atoms with Crippen LogP contribution in [0.2, 0.25) is 0 Å². The lowest BCUT2D eigenvalue weighted by Gasteiger charge is -2.43. The molecule has 0 aromatic heterocycles. The third-order valence-corrected chi connectivity index (χ3v) is 8.45. The molecule has 3 saturated heterocycles. The van der Waals surface area contributed by atoms with Gasteiger partial charge in [-0.1, -0.05) is 52.3 Å². The fourth-order valence-electron chi connectivity index (χ4n) is 6.19. The minimum Gasteiger partial charge on any atom is -0.466 e. The van der Waals surface area contributed by atoms with E-state index in [1.807, 2.05) is 51.1 Å². The third kappa shape index (κ3) is 4.09. The van der Waals surface area contributed by atoms with Crippen molar-refractivity contribution >= 4 is 33.7 Å². The maximum Gasteiger partial charge on any atom is 0.312 e. The number of carbonyl (C=O) groups excluding carboxylic acids is 3. The van der Waals surface area contributed by atoms with Gasteiger partial charge in [0.15, 0.2) is 0 Å². The van der Waals surface area contributed by atoms with Crippen LogP contribution in [0.15, 0.2) is 43.0 Å². The van der Waals surface area contributed by atoms with Crippen LogP contribution in [-0.4, -0.2) is 80.6 Å². The zero-order valence-electron chi connectivity index (χ0n) is 21.2. The highest BCUT2D eigenvalue weighted by molar-refractivity contribution is 9.09. The molecule has 7 atom stereocenters. The van der Waals surface area contributed by atoms with Crippen molar-refractivity contribution < 1.29 is 29.0 Å². The van der Waals surface area contributed by atoms with Gasteiger partial charge in [-0.05, 0) is 39.7 Å². The van der Waals surface area contributed by atoms with Crippen molar-refractivity contribution in [1.82, 2.24) is 9.80 Å². The Morgan fingerprint density at radius 2 is 2.03 bits per heavy atom. The monoisotopic (exact) mass is 562 g/mol. The molecule has 4 rings (SSSR count). The van der Waals surface area contributed by atoms with Crippen LogP contribution in [0.3, 0.4) is 0 Å². The van der Waals surface area contributed by atoms with E-state index >= 15 is 0 Å². The van der Waals surface area contributed by atoms with E-state index in [0.29, 0.717) is 12.0 Å². The van der Waals surface area contributed by atoms with Gasteiger partial charge in [-0.25, -0.2) is 0 Å². The summed E-state index contributed by atoms with van der Waals surface area (Å²) in [6.45, 7) is 11.4. The number of aliphatic hydroxyl groups is 1. The number of ether oxygens (including phenoxy) is 2. The highest BCUT2D eigenvalue weighted by Crippen LogP contribution is 2.61. The summed E-state index contributed by atoms with van der Waals surface area (Å²) < 4.78 is 11.9. The number of amides is 2. The summed E-state index contributed by atoms with van der Waals surface area (Å²) in [7, 11) is 0. The Kier molecular flexibility index (Phi) is 7.38. The molecule has 0 radical (unpaired) electrons. The Morgan fingerprint density at radius 1 is 1.36 bits per heavy atom. The Morgan fingerprint density at radius 3 is 2.58 bits per heavy atom. The van der Waals surface area contributed by atoms with Crippen LogP contribution >= 0.6 is 15.9 Å². The molecule has 196 valence electrons. The Bertz CT molecular complexity index is 1030. The fraction of sp³-hybridized carbons (Fsp3) is 0.593. The zero-order valence-corrected chi connectivity index (χ0v) is 22.8. The first-order chi connectivity index (χ1) is 17.0. The van der Waals surface area contributed by atoms with E-state index in [4.69, 9.17) is 9.47 Å². The molecule has 1 aromatic rings. The van der Waals surface area contributed by atoms with Crippen LogP contribution in [0.25, 0.3) is 0 Å². The van der Waals surface area contributed by atoms with Gasteiger partial charge in [0.05, 0.1) is 37.2 Å². The summed E-state index contributed by atoms with van der Waals surface area (Å²) in [5.41, 5.74) is -1.09. The van der Waals surface area contributed by atoms with E-state index in [1.54, 1.807) is 17.9 Å².